The van der Waals surface area contributed by atoms with Crippen molar-refractivity contribution >= 4 is 56.2 Å². The van der Waals surface area contributed by atoms with Gasteiger partial charge in [-0.2, -0.15) is 0 Å². The summed E-state index contributed by atoms with van der Waals surface area (Å²) in [5.41, 5.74) is 0.596. The lowest BCUT2D eigenvalue weighted by Gasteiger charge is -2.11. The summed E-state index contributed by atoms with van der Waals surface area (Å²) in [7, 11) is -1.45. The van der Waals surface area contributed by atoms with Gasteiger partial charge in [0.2, 0.25) is 5.91 Å². The van der Waals surface area contributed by atoms with Crippen molar-refractivity contribution < 1.29 is 18.9 Å². The Bertz CT molecular complexity index is 762. The standard InChI is InChI=1S/C13H15N3O4S3/c1-23(20)10(11(17)15-4-5-21-14)12-16-8-6-7(13(18)19)2-3-9(8)22-12/h2-3,6,10H,4-5,14H2,1H3,(H,15,17)(H,18,19). The number of aromatic nitrogens is 1. The van der Waals surface area contributed by atoms with Gasteiger partial charge >= 0.3 is 5.97 Å². The first-order valence-corrected chi connectivity index (χ1v) is 9.98. The van der Waals surface area contributed by atoms with Gasteiger partial charge in [0.15, 0.2) is 5.25 Å². The van der Waals surface area contributed by atoms with Crippen LogP contribution < -0.4 is 10.5 Å². The summed E-state index contributed by atoms with van der Waals surface area (Å²) < 4.78 is 12.7. The predicted octanol–water partition coefficient (Wildman–Crippen LogP) is 1.14. The molecule has 23 heavy (non-hydrogen) atoms. The molecule has 0 spiro atoms. The van der Waals surface area contributed by atoms with Crippen molar-refractivity contribution in [2.45, 2.75) is 5.25 Å². The Morgan fingerprint density at radius 3 is 2.87 bits per heavy atom. The van der Waals surface area contributed by atoms with Gasteiger partial charge in [-0.25, -0.2) is 9.78 Å². The van der Waals surface area contributed by atoms with Gasteiger partial charge in [-0.1, -0.05) is 11.9 Å². The number of aromatic carboxylic acids is 1. The first kappa shape index (κ1) is 17.9. The molecular weight excluding hydrogens is 358 g/mol. The van der Waals surface area contributed by atoms with Crippen molar-refractivity contribution in [1.82, 2.24) is 10.3 Å². The normalized spacial score (nSPS) is 13.7. The first-order valence-electron chi connectivity index (χ1n) is 6.49. The van der Waals surface area contributed by atoms with Crippen molar-refractivity contribution in [2.24, 2.45) is 5.14 Å². The van der Waals surface area contributed by atoms with Gasteiger partial charge in [-0.05, 0) is 18.2 Å². The zero-order valence-corrected chi connectivity index (χ0v) is 14.6. The van der Waals surface area contributed by atoms with E-state index in [1.165, 1.54) is 29.7 Å². The van der Waals surface area contributed by atoms with Gasteiger partial charge in [-0.3, -0.25) is 14.1 Å². The Balaban J connectivity index is 2.32. The minimum Gasteiger partial charge on any atom is -0.478 e. The fourth-order valence-corrected chi connectivity index (χ4v) is 4.34. The maximum atomic E-state index is 12.2. The molecule has 2 atom stereocenters. The number of hydrogen-bond donors (Lipinski definition) is 3. The largest absolute Gasteiger partial charge is 0.478 e. The molecule has 0 aliphatic rings. The molecule has 0 radical (unpaired) electrons. The number of nitrogens with one attached hydrogen (secondary N) is 1. The second-order valence-electron chi connectivity index (χ2n) is 4.58. The fourth-order valence-electron chi connectivity index (χ4n) is 1.92. The van der Waals surface area contributed by atoms with E-state index in [2.05, 4.69) is 10.3 Å². The Morgan fingerprint density at radius 2 is 2.26 bits per heavy atom. The van der Waals surface area contributed by atoms with Crippen molar-refractivity contribution in [3.63, 3.8) is 0 Å². The third-order valence-corrected chi connectivity index (χ3v) is 5.76. The van der Waals surface area contributed by atoms with E-state index in [-0.39, 0.29) is 11.5 Å². The Hall–Kier alpha value is -1.49. The van der Waals surface area contributed by atoms with Gasteiger partial charge in [0.05, 0.1) is 15.8 Å². The summed E-state index contributed by atoms with van der Waals surface area (Å²) in [5, 5.41) is 16.5. The number of carbonyl (C=O) groups is 2. The van der Waals surface area contributed by atoms with E-state index in [9.17, 15) is 13.8 Å². The first-order chi connectivity index (χ1) is 10.9. The lowest BCUT2D eigenvalue weighted by molar-refractivity contribution is -0.120. The van der Waals surface area contributed by atoms with E-state index in [0.29, 0.717) is 22.8 Å². The monoisotopic (exact) mass is 373 g/mol. The van der Waals surface area contributed by atoms with Crippen molar-refractivity contribution in [3.8, 4) is 0 Å². The summed E-state index contributed by atoms with van der Waals surface area (Å²) >= 11 is 2.34. The molecule has 2 rings (SSSR count). The molecule has 1 heterocycles. The number of carboxylic acid groups (broad SMARTS) is 1. The number of carbonyl (C=O) groups excluding carboxylic acids is 1. The average molecular weight is 373 g/mol. The van der Waals surface area contributed by atoms with Gasteiger partial charge in [-0.15, -0.1) is 11.3 Å². The highest BCUT2D eigenvalue weighted by molar-refractivity contribution is 7.97. The van der Waals surface area contributed by atoms with Crippen molar-refractivity contribution in [3.05, 3.63) is 28.8 Å². The van der Waals surface area contributed by atoms with E-state index >= 15 is 0 Å². The Morgan fingerprint density at radius 1 is 1.52 bits per heavy atom. The smallest absolute Gasteiger partial charge is 0.335 e. The molecule has 2 aromatic rings. The van der Waals surface area contributed by atoms with Crippen LogP contribution >= 0.6 is 23.3 Å². The summed E-state index contributed by atoms with van der Waals surface area (Å²) in [6.07, 6.45) is 1.44. The maximum absolute atomic E-state index is 12.2. The highest BCUT2D eigenvalue weighted by atomic mass is 32.2. The third-order valence-electron chi connectivity index (χ3n) is 2.96. The van der Waals surface area contributed by atoms with Crippen LogP contribution in [0.2, 0.25) is 0 Å². The number of carboxylic acids is 1. The lowest BCUT2D eigenvalue weighted by atomic mass is 10.2. The number of rotatable bonds is 7. The maximum Gasteiger partial charge on any atom is 0.335 e. The predicted molar refractivity (Wildman–Crippen MR) is 93.0 cm³/mol. The number of hydrogen-bond acceptors (Lipinski definition) is 7. The van der Waals surface area contributed by atoms with Crippen LogP contribution in [0.1, 0.15) is 20.6 Å². The molecule has 0 fully saturated rings. The zero-order chi connectivity index (χ0) is 17.0. The second-order valence-corrected chi connectivity index (χ2v) is 7.85. The molecule has 0 bridgehead atoms. The zero-order valence-electron chi connectivity index (χ0n) is 12.1. The third kappa shape index (κ3) is 4.28. The van der Waals surface area contributed by atoms with E-state index in [4.69, 9.17) is 10.2 Å². The molecule has 0 saturated heterocycles. The minimum absolute atomic E-state index is 0.118. The van der Waals surface area contributed by atoms with E-state index in [0.717, 1.165) is 16.6 Å². The average Bonchev–Trinajstić information content (AvgIpc) is 2.89. The number of amides is 1. The molecule has 1 aromatic carbocycles. The van der Waals surface area contributed by atoms with Gasteiger partial charge < -0.3 is 10.4 Å². The van der Waals surface area contributed by atoms with Crippen LogP contribution in [0.15, 0.2) is 18.2 Å². The van der Waals surface area contributed by atoms with E-state index < -0.39 is 22.0 Å². The Kier molecular flexibility index (Phi) is 6.10. The quantitative estimate of drug-likeness (QED) is 0.491. The minimum atomic E-state index is -1.45. The molecule has 124 valence electrons. The molecule has 1 aromatic heterocycles. The Labute approximate surface area is 143 Å². The molecule has 0 aliphatic carbocycles. The fraction of sp³-hybridized carbons (Fsp3) is 0.308. The van der Waals surface area contributed by atoms with Crippen molar-refractivity contribution in [2.75, 3.05) is 18.6 Å². The van der Waals surface area contributed by atoms with E-state index in [1.807, 2.05) is 0 Å². The molecule has 2 unspecified atom stereocenters. The van der Waals surface area contributed by atoms with E-state index in [1.54, 1.807) is 6.07 Å². The highest BCUT2D eigenvalue weighted by Gasteiger charge is 2.28. The van der Waals surface area contributed by atoms with Crippen LogP contribution in [0, 0.1) is 0 Å². The van der Waals surface area contributed by atoms with Crippen LogP contribution in [0.25, 0.3) is 10.2 Å². The number of fused-ring (bicyclic) bond motifs is 1. The van der Waals surface area contributed by atoms with Gasteiger partial charge in [0.25, 0.3) is 0 Å². The summed E-state index contributed by atoms with van der Waals surface area (Å²) in [4.78, 5) is 27.5. The van der Waals surface area contributed by atoms with Gasteiger partial charge in [0, 0.05) is 29.4 Å². The molecule has 0 aliphatic heterocycles. The molecule has 0 saturated carbocycles. The number of thiazole rings is 1. The lowest BCUT2D eigenvalue weighted by Crippen LogP contribution is -2.33. The SMILES string of the molecule is CS(=O)C(C(=O)NCCSN)c1nc2cc(C(=O)O)ccc2s1. The molecule has 10 heteroatoms. The summed E-state index contributed by atoms with van der Waals surface area (Å²) in [6, 6.07) is 4.55. The topological polar surface area (TPSA) is 122 Å². The van der Waals surface area contributed by atoms with Gasteiger partial charge in [0.1, 0.15) is 5.01 Å². The molecule has 7 nitrogen and oxygen atoms in total. The molecule has 4 N–H and O–H groups in total. The van der Waals surface area contributed by atoms with Crippen molar-refractivity contribution in [1.29, 1.82) is 0 Å². The summed E-state index contributed by atoms with van der Waals surface area (Å²) in [6.45, 7) is 0.377. The number of nitrogens with zero attached hydrogens (tertiary/aromatic N) is 1. The number of benzene rings is 1. The molecular formula is C13H15N3O4S3. The number of nitrogens with two attached hydrogens (primary N) is 1. The van der Waals surface area contributed by atoms with Crippen LogP contribution in [0.5, 0.6) is 0 Å². The van der Waals surface area contributed by atoms with Crippen LogP contribution in [0.3, 0.4) is 0 Å². The van der Waals surface area contributed by atoms with Crippen LogP contribution in [0.4, 0.5) is 0 Å². The molecule has 1 amide bonds. The van der Waals surface area contributed by atoms with Crippen LogP contribution in [-0.2, 0) is 15.6 Å². The van der Waals surface area contributed by atoms with Crippen LogP contribution in [-0.4, -0.2) is 44.7 Å². The summed E-state index contributed by atoms with van der Waals surface area (Å²) in [5.74, 6) is -0.872. The second kappa shape index (κ2) is 7.86. The highest BCUT2D eigenvalue weighted by Crippen LogP contribution is 2.30.